The smallest absolute Gasteiger partial charge is 0.254 e. The van der Waals surface area contributed by atoms with Crippen LogP contribution in [0.15, 0.2) is 18.2 Å². The number of rotatable bonds is 3. The van der Waals surface area contributed by atoms with Crippen molar-refractivity contribution < 1.29 is 13.2 Å². The fraction of sp³-hybridized carbons (Fsp3) is 0.462. The molecule has 1 aromatic carbocycles. The molecule has 1 atom stereocenters. The highest BCUT2D eigenvalue weighted by atomic mass is 32.2. The van der Waals surface area contributed by atoms with Crippen LogP contribution in [0.3, 0.4) is 0 Å². The van der Waals surface area contributed by atoms with Gasteiger partial charge in [0.15, 0.2) is 0 Å². The Kier molecular flexibility index (Phi) is 4.01. The Bertz CT molecular complexity index is 628. The van der Waals surface area contributed by atoms with E-state index in [1.54, 1.807) is 17.0 Å². The molecule has 110 valence electrons. The van der Waals surface area contributed by atoms with Gasteiger partial charge in [-0.1, -0.05) is 6.07 Å². The van der Waals surface area contributed by atoms with E-state index >= 15 is 0 Å². The molecule has 1 aliphatic heterocycles. The van der Waals surface area contributed by atoms with E-state index < -0.39 is 10.0 Å². The standard InChI is InChI=1S/C13H19N3O3S/c1-9-3-4-10(14)7-12(9)13(17)16-6-5-11(8-16)15-20(2,18)19/h3-4,7,11,15H,5-6,8,14H2,1-2H3. The average Bonchev–Trinajstić information content (AvgIpc) is 2.77. The minimum Gasteiger partial charge on any atom is -0.399 e. The zero-order chi connectivity index (χ0) is 14.9. The fourth-order valence-corrected chi connectivity index (χ4v) is 3.18. The highest BCUT2D eigenvalue weighted by molar-refractivity contribution is 7.88. The van der Waals surface area contributed by atoms with Crippen LogP contribution < -0.4 is 10.5 Å². The van der Waals surface area contributed by atoms with Crippen LogP contribution in [0.4, 0.5) is 5.69 Å². The van der Waals surface area contributed by atoms with Gasteiger partial charge in [-0.15, -0.1) is 0 Å². The number of hydrogen-bond acceptors (Lipinski definition) is 4. The number of hydrogen-bond donors (Lipinski definition) is 2. The van der Waals surface area contributed by atoms with E-state index in [9.17, 15) is 13.2 Å². The summed E-state index contributed by atoms with van der Waals surface area (Å²) in [5.74, 6) is -0.104. The predicted molar refractivity (Wildman–Crippen MR) is 77.9 cm³/mol. The van der Waals surface area contributed by atoms with E-state index in [0.29, 0.717) is 30.8 Å². The first-order chi connectivity index (χ1) is 9.26. The van der Waals surface area contributed by atoms with Gasteiger partial charge < -0.3 is 10.6 Å². The molecule has 1 heterocycles. The van der Waals surface area contributed by atoms with Gasteiger partial charge in [0.25, 0.3) is 5.91 Å². The van der Waals surface area contributed by atoms with E-state index in [0.717, 1.165) is 11.8 Å². The number of anilines is 1. The zero-order valence-electron chi connectivity index (χ0n) is 11.6. The van der Waals surface area contributed by atoms with Gasteiger partial charge in [0.2, 0.25) is 10.0 Å². The molecule has 20 heavy (non-hydrogen) atoms. The summed E-state index contributed by atoms with van der Waals surface area (Å²) in [5, 5.41) is 0. The van der Waals surface area contributed by atoms with Gasteiger partial charge in [-0.3, -0.25) is 4.79 Å². The third-order valence-electron chi connectivity index (χ3n) is 3.35. The molecule has 0 aromatic heterocycles. The highest BCUT2D eigenvalue weighted by Gasteiger charge is 2.29. The Hall–Kier alpha value is -1.60. The summed E-state index contributed by atoms with van der Waals surface area (Å²) in [6.45, 7) is 2.79. The van der Waals surface area contributed by atoms with Gasteiger partial charge in [-0.25, -0.2) is 13.1 Å². The van der Waals surface area contributed by atoms with Crippen LogP contribution in [-0.4, -0.2) is 44.6 Å². The van der Waals surface area contributed by atoms with Gasteiger partial charge in [0.1, 0.15) is 0 Å². The molecule has 6 nitrogen and oxygen atoms in total. The number of nitrogen functional groups attached to an aromatic ring is 1. The van der Waals surface area contributed by atoms with Gasteiger partial charge in [0.05, 0.1) is 6.26 Å². The van der Waals surface area contributed by atoms with Crippen molar-refractivity contribution in [1.29, 1.82) is 0 Å². The van der Waals surface area contributed by atoms with Crippen molar-refractivity contribution in [3.8, 4) is 0 Å². The average molecular weight is 297 g/mol. The summed E-state index contributed by atoms with van der Waals surface area (Å²) in [7, 11) is -3.24. The van der Waals surface area contributed by atoms with E-state index in [1.165, 1.54) is 0 Å². The minimum atomic E-state index is -3.24. The van der Waals surface area contributed by atoms with Crippen LogP contribution in [0.1, 0.15) is 22.3 Å². The van der Waals surface area contributed by atoms with Crippen LogP contribution in [0.2, 0.25) is 0 Å². The molecule has 1 amide bonds. The molecule has 1 unspecified atom stereocenters. The maximum absolute atomic E-state index is 12.4. The van der Waals surface area contributed by atoms with Crippen LogP contribution in [-0.2, 0) is 10.0 Å². The molecule has 2 rings (SSSR count). The number of likely N-dealkylation sites (tertiary alicyclic amines) is 1. The summed E-state index contributed by atoms with van der Waals surface area (Å²) < 4.78 is 24.9. The second-order valence-electron chi connectivity index (χ2n) is 5.20. The monoisotopic (exact) mass is 297 g/mol. The molecule has 1 saturated heterocycles. The van der Waals surface area contributed by atoms with E-state index in [2.05, 4.69) is 4.72 Å². The zero-order valence-corrected chi connectivity index (χ0v) is 12.4. The molecule has 0 aliphatic carbocycles. The maximum atomic E-state index is 12.4. The van der Waals surface area contributed by atoms with Crippen molar-refractivity contribution in [2.75, 3.05) is 25.1 Å². The number of amides is 1. The minimum absolute atomic E-state index is 0.104. The van der Waals surface area contributed by atoms with Gasteiger partial charge >= 0.3 is 0 Å². The highest BCUT2D eigenvalue weighted by Crippen LogP contribution is 2.18. The van der Waals surface area contributed by atoms with Gasteiger partial charge in [-0.05, 0) is 31.0 Å². The largest absolute Gasteiger partial charge is 0.399 e. The lowest BCUT2D eigenvalue weighted by Gasteiger charge is -2.18. The summed E-state index contributed by atoms with van der Waals surface area (Å²) in [6.07, 6.45) is 1.75. The number of carbonyl (C=O) groups excluding carboxylic acids is 1. The van der Waals surface area contributed by atoms with Crippen LogP contribution >= 0.6 is 0 Å². The lowest BCUT2D eigenvalue weighted by Crippen LogP contribution is -2.38. The summed E-state index contributed by atoms with van der Waals surface area (Å²) >= 11 is 0. The van der Waals surface area contributed by atoms with E-state index in [4.69, 9.17) is 5.73 Å². The van der Waals surface area contributed by atoms with E-state index in [-0.39, 0.29) is 11.9 Å². The second-order valence-corrected chi connectivity index (χ2v) is 6.98. The molecule has 0 bridgehead atoms. The molecular formula is C13H19N3O3S. The topological polar surface area (TPSA) is 92.5 Å². The van der Waals surface area contributed by atoms with Crippen molar-refractivity contribution in [2.24, 2.45) is 0 Å². The number of nitrogens with one attached hydrogen (secondary N) is 1. The maximum Gasteiger partial charge on any atom is 0.254 e. The van der Waals surface area contributed by atoms with E-state index in [1.807, 2.05) is 13.0 Å². The first-order valence-corrected chi connectivity index (χ1v) is 8.28. The van der Waals surface area contributed by atoms with Crippen molar-refractivity contribution in [1.82, 2.24) is 9.62 Å². The van der Waals surface area contributed by atoms with Gasteiger partial charge in [-0.2, -0.15) is 0 Å². The molecule has 1 aliphatic rings. The Labute approximate surface area is 119 Å². The lowest BCUT2D eigenvalue weighted by molar-refractivity contribution is 0.0789. The third kappa shape index (κ3) is 3.49. The number of aryl methyl sites for hydroxylation is 1. The molecular weight excluding hydrogens is 278 g/mol. The van der Waals surface area contributed by atoms with Crippen LogP contribution in [0.25, 0.3) is 0 Å². The van der Waals surface area contributed by atoms with Crippen LogP contribution in [0.5, 0.6) is 0 Å². The molecule has 1 fully saturated rings. The Morgan fingerprint density at radius 3 is 2.80 bits per heavy atom. The quantitative estimate of drug-likeness (QED) is 0.787. The Morgan fingerprint density at radius 2 is 2.15 bits per heavy atom. The summed E-state index contributed by atoms with van der Waals surface area (Å²) in [6, 6.07) is 5.01. The number of nitrogens with two attached hydrogens (primary N) is 1. The predicted octanol–water partition coefficient (Wildman–Crippen LogP) is 0.341. The number of benzene rings is 1. The second kappa shape index (κ2) is 5.41. The molecule has 1 aromatic rings. The third-order valence-corrected chi connectivity index (χ3v) is 4.11. The molecule has 3 N–H and O–H groups in total. The van der Waals surface area contributed by atoms with Gasteiger partial charge in [0, 0.05) is 30.4 Å². The molecule has 0 radical (unpaired) electrons. The number of sulfonamides is 1. The normalized spacial score (nSPS) is 19.3. The van der Waals surface area contributed by atoms with Crippen molar-refractivity contribution in [3.63, 3.8) is 0 Å². The lowest BCUT2D eigenvalue weighted by atomic mass is 10.1. The van der Waals surface area contributed by atoms with Crippen molar-refractivity contribution in [3.05, 3.63) is 29.3 Å². The van der Waals surface area contributed by atoms with Crippen molar-refractivity contribution in [2.45, 2.75) is 19.4 Å². The Morgan fingerprint density at radius 1 is 1.45 bits per heavy atom. The first kappa shape index (κ1) is 14.8. The Balaban J connectivity index is 2.10. The molecule has 0 saturated carbocycles. The summed E-state index contributed by atoms with van der Waals surface area (Å²) in [5.41, 5.74) is 7.70. The number of carbonyl (C=O) groups is 1. The summed E-state index contributed by atoms with van der Waals surface area (Å²) in [4.78, 5) is 14.1. The number of nitrogens with zero attached hydrogens (tertiary/aromatic N) is 1. The van der Waals surface area contributed by atoms with Crippen molar-refractivity contribution >= 4 is 21.6 Å². The van der Waals surface area contributed by atoms with Crippen LogP contribution in [0, 0.1) is 6.92 Å². The molecule has 0 spiro atoms. The SMILES string of the molecule is Cc1ccc(N)cc1C(=O)N1CCC(NS(C)(=O)=O)C1. The first-order valence-electron chi connectivity index (χ1n) is 6.39. The molecule has 7 heteroatoms. The fourth-order valence-electron chi connectivity index (χ4n) is 2.38.